The van der Waals surface area contributed by atoms with Crippen LogP contribution in [0, 0.1) is 12.8 Å². The molecule has 1 atom stereocenters. The van der Waals surface area contributed by atoms with E-state index in [4.69, 9.17) is 16.6 Å². The molecule has 1 aliphatic carbocycles. The summed E-state index contributed by atoms with van der Waals surface area (Å²) in [5.41, 5.74) is 6.62. The van der Waals surface area contributed by atoms with Gasteiger partial charge in [0.25, 0.3) is 0 Å². The zero-order chi connectivity index (χ0) is 16.7. The van der Waals surface area contributed by atoms with Gasteiger partial charge >= 0.3 is 0 Å². The van der Waals surface area contributed by atoms with E-state index in [2.05, 4.69) is 46.4 Å². The molecule has 4 heteroatoms. The number of pyridine rings is 1. The SMILES string of the molecule is Cc1cc(Cl)c2c(c1)CCc1cc(Br)cnc1C2C1CCNCC1. The van der Waals surface area contributed by atoms with Gasteiger partial charge in [-0.15, -0.1) is 0 Å². The number of aryl methyl sites for hydroxylation is 3. The number of aromatic nitrogens is 1. The highest BCUT2D eigenvalue weighted by Gasteiger charge is 2.34. The predicted molar refractivity (Wildman–Crippen MR) is 103 cm³/mol. The number of hydrogen-bond acceptors (Lipinski definition) is 2. The molecule has 0 bridgehead atoms. The molecule has 0 spiro atoms. The molecule has 1 aromatic heterocycles. The molecule has 24 heavy (non-hydrogen) atoms. The number of piperidine rings is 1. The molecular weight excluding hydrogens is 384 g/mol. The summed E-state index contributed by atoms with van der Waals surface area (Å²) in [4.78, 5) is 4.87. The van der Waals surface area contributed by atoms with Crippen molar-refractivity contribution in [1.82, 2.24) is 10.3 Å². The molecule has 2 aromatic rings. The van der Waals surface area contributed by atoms with Crippen molar-refractivity contribution in [1.29, 1.82) is 0 Å². The second-order valence-corrected chi connectivity index (χ2v) is 8.41. The van der Waals surface area contributed by atoms with Gasteiger partial charge in [0.1, 0.15) is 0 Å². The van der Waals surface area contributed by atoms with Crippen molar-refractivity contribution in [2.45, 2.75) is 38.5 Å². The lowest BCUT2D eigenvalue weighted by Crippen LogP contribution is -2.32. The Labute approximate surface area is 157 Å². The Morgan fingerprint density at radius 2 is 1.88 bits per heavy atom. The molecule has 0 radical (unpaired) electrons. The van der Waals surface area contributed by atoms with Crippen molar-refractivity contribution < 1.29 is 0 Å². The summed E-state index contributed by atoms with van der Waals surface area (Å²) in [6.45, 7) is 4.32. The predicted octanol–water partition coefficient (Wildman–Crippen LogP) is 5.04. The number of benzene rings is 1. The van der Waals surface area contributed by atoms with Gasteiger partial charge in [0.15, 0.2) is 0 Å². The highest BCUT2D eigenvalue weighted by atomic mass is 79.9. The van der Waals surface area contributed by atoms with Gasteiger partial charge in [0.2, 0.25) is 0 Å². The lowest BCUT2D eigenvalue weighted by molar-refractivity contribution is 0.338. The van der Waals surface area contributed by atoms with Crippen molar-refractivity contribution in [2.75, 3.05) is 13.1 Å². The minimum atomic E-state index is 0.320. The van der Waals surface area contributed by atoms with E-state index in [-0.39, 0.29) is 0 Å². The first-order valence-electron chi connectivity index (χ1n) is 8.77. The number of halogens is 2. The summed E-state index contributed by atoms with van der Waals surface area (Å²) in [7, 11) is 0. The van der Waals surface area contributed by atoms with Crippen LogP contribution in [0.1, 0.15) is 46.7 Å². The van der Waals surface area contributed by atoms with E-state index < -0.39 is 0 Å². The van der Waals surface area contributed by atoms with Crippen LogP contribution in [0.15, 0.2) is 28.9 Å². The Hall–Kier alpha value is -0.900. The second kappa shape index (κ2) is 6.78. The highest BCUT2D eigenvalue weighted by molar-refractivity contribution is 9.10. The van der Waals surface area contributed by atoms with Gasteiger partial charge in [0.05, 0.1) is 5.69 Å². The van der Waals surface area contributed by atoms with E-state index in [0.717, 1.165) is 35.4 Å². The number of hydrogen-bond donors (Lipinski definition) is 1. The molecule has 1 N–H and O–H groups in total. The van der Waals surface area contributed by atoms with Crippen molar-refractivity contribution in [3.8, 4) is 0 Å². The van der Waals surface area contributed by atoms with E-state index in [1.807, 2.05) is 6.20 Å². The van der Waals surface area contributed by atoms with Crippen LogP contribution in [-0.4, -0.2) is 18.1 Å². The van der Waals surface area contributed by atoms with Crippen LogP contribution < -0.4 is 5.32 Å². The Kier molecular flexibility index (Phi) is 4.68. The van der Waals surface area contributed by atoms with Crippen molar-refractivity contribution in [3.05, 3.63) is 61.8 Å². The topological polar surface area (TPSA) is 24.9 Å². The first-order valence-corrected chi connectivity index (χ1v) is 9.94. The highest BCUT2D eigenvalue weighted by Crippen LogP contribution is 2.44. The standard InChI is InChI=1S/C20H22BrClN2/c1-12-8-14-2-3-15-10-16(21)11-24-20(15)19(18(14)17(22)9-12)13-4-6-23-7-5-13/h8-11,13,19,23H,2-7H2,1H3. The number of nitrogens with zero attached hydrogens (tertiary/aromatic N) is 1. The largest absolute Gasteiger partial charge is 0.317 e. The minimum Gasteiger partial charge on any atom is -0.317 e. The Morgan fingerprint density at radius 1 is 1.12 bits per heavy atom. The average Bonchev–Trinajstić information content (AvgIpc) is 2.72. The molecule has 126 valence electrons. The summed E-state index contributed by atoms with van der Waals surface area (Å²) in [6.07, 6.45) is 6.40. The third kappa shape index (κ3) is 3.02. The van der Waals surface area contributed by atoms with E-state index in [1.165, 1.54) is 40.8 Å². The van der Waals surface area contributed by atoms with E-state index in [1.54, 1.807) is 0 Å². The first-order chi connectivity index (χ1) is 11.6. The van der Waals surface area contributed by atoms with E-state index in [9.17, 15) is 0 Å². The fourth-order valence-electron chi connectivity index (χ4n) is 4.40. The molecule has 1 saturated heterocycles. The number of fused-ring (bicyclic) bond motifs is 2. The molecule has 2 aliphatic rings. The van der Waals surface area contributed by atoms with Gasteiger partial charge in [-0.3, -0.25) is 4.98 Å². The molecular formula is C20H22BrClN2. The molecule has 1 fully saturated rings. The first kappa shape index (κ1) is 16.6. The average molecular weight is 406 g/mol. The molecule has 0 saturated carbocycles. The minimum absolute atomic E-state index is 0.320. The molecule has 2 heterocycles. The van der Waals surface area contributed by atoms with Crippen LogP contribution >= 0.6 is 27.5 Å². The maximum atomic E-state index is 6.78. The summed E-state index contributed by atoms with van der Waals surface area (Å²) >= 11 is 10.4. The van der Waals surface area contributed by atoms with Crippen molar-refractivity contribution in [2.24, 2.45) is 5.92 Å². The van der Waals surface area contributed by atoms with Gasteiger partial charge < -0.3 is 5.32 Å². The van der Waals surface area contributed by atoms with Crippen LogP contribution in [0.2, 0.25) is 5.02 Å². The van der Waals surface area contributed by atoms with Gasteiger partial charge in [-0.2, -0.15) is 0 Å². The lowest BCUT2D eigenvalue weighted by atomic mass is 9.76. The molecule has 2 nitrogen and oxygen atoms in total. The summed E-state index contributed by atoms with van der Waals surface area (Å²) < 4.78 is 1.07. The van der Waals surface area contributed by atoms with Crippen molar-refractivity contribution in [3.63, 3.8) is 0 Å². The van der Waals surface area contributed by atoms with Gasteiger partial charge in [-0.05, 0) is 102 Å². The van der Waals surface area contributed by atoms with Crippen LogP contribution in [-0.2, 0) is 12.8 Å². The van der Waals surface area contributed by atoms with E-state index in [0.29, 0.717) is 11.8 Å². The molecule has 1 aromatic carbocycles. The fraction of sp³-hybridized carbons (Fsp3) is 0.450. The van der Waals surface area contributed by atoms with Crippen molar-refractivity contribution >= 4 is 27.5 Å². The monoisotopic (exact) mass is 404 g/mol. The lowest BCUT2D eigenvalue weighted by Gasteiger charge is -2.32. The number of nitrogens with one attached hydrogen (secondary N) is 1. The molecule has 1 unspecified atom stereocenters. The molecule has 4 rings (SSSR count). The summed E-state index contributed by atoms with van der Waals surface area (Å²) in [5, 5.41) is 4.41. The molecule has 1 aliphatic heterocycles. The van der Waals surface area contributed by atoms with Crippen LogP contribution in [0.4, 0.5) is 0 Å². The zero-order valence-electron chi connectivity index (χ0n) is 13.9. The Balaban J connectivity index is 1.91. The van der Waals surface area contributed by atoms with E-state index >= 15 is 0 Å². The van der Waals surface area contributed by atoms with Crippen LogP contribution in [0.3, 0.4) is 0 Å². The maximum absolute atomic E-state index is 6.78. The normalized spacial score (nSPS) is 21.0. The van der Waals surface area contributed by atoms with Crippen LogP contribution in [0.5, 0.6) is 0 Å². The van der Waals surface area contributed by atoms with Gasteiger partial charge in [-0.1, -0.05) is 17.7 Å². The smallest absolute Gasteiger partial charge is 0.0514 e. The van der Waals surface area contributed by atoms with Gasteiger partial charge in [0, 0.05) is 21.6 Å². The van der Waals surface area contributed by atoms with Crippen LogP contribution in [0.25, 0.3) is 0 Å². The Morgan fingerprint density at radius 3 is 2.67 bits per heavy atom. The zero-order valence-corrected chi connectivity index (χ0v) is 16.3. The van der Waals surface area contributed by atoms with Gasteiger partial charge in [-0.25, -0.2) is 0 Å². The maximum Gasteiger partial charge on any atom is 0.0514 e. The molecule has 0 amide bonds. The second-order valence-electron chi connectivity index (χ2n) is 7.08. The summed E-state index contributed by atoms with van der Waals surface area (Å²) in [6, 6.07) is 6.71. The fourth-order valence-corrected chi connectivity index (χ4v) is 5.18. The summed E-state index contributed by atoms with van der Waals surface area (Å²) in [5.74, 6) is 0.927. The third-order valence-electron chi connectivity index (χ3n) is 5.45. The quantitative estimate of drug-likeness (QED) is 0.719. The third-order valence-corrected chi connectivity index (χ3v) is 6.20. The Bertz CT molecular complexity index is 768. The number of rotatable bonds is 1.